The Balaban J connectivity index is 3.03. The Morgan fingerprint density at radius 1 is 1.88 bits per heavy atom. The Bertz CT molecular complexity index is 61.5. The summed E-state index contributed by atoms with van der Waals surface area (Å²) in [7, 11) is 0. The minimum atomic E-state index is 0.0324. The van der Waals surface area contributed by atoms with E-state index in [-0.39, 0.29) is 6.10 Å². The van der Waals surface area contributed by atoms with Crippen molar-refractivity contribution in [2.45, 2.75) is 25.9 Å². The molecule has 0 fully saturated rings. The van der Waals surface area contributed by atoms with Crippen LogP contribution in [0.15, 0.2) is 0 Å². The Labute approximate surface area is 49.8 Å². The molecule has 8 heavy (non-hydrogen) atoms. The third kappa shape index (κ3) is 3.65. The lowest BCUT2D eigenvalue weighted by Crippen LogP contribution is -2.04. The smallest absolute Gasteiger partial charge is 0.293 e. The zero-order chi connectivity index (χ0) is 6.41. The summed E-state index contributed by atoms with van der Waals surface area (Å²) in [6.45, 7) is 5.93. The first-order valence-electron chi connectivity index (χ1n) is 2.69. The molecular weight excluding hydrogens is 104 g/mol. The van der Waals surface area contributed by atoms with Crippen LogP contribution in [0.3, 0.4) is 0 Å². The van der Waals surface area contributed by atoms with Crippen LogP contribution in [0.4, 0.5) is 0 Å². The van der Waals surface area contributed by atoms with E-state index in [2.05, 4.69) is 11.7 Å². The second-order valence-corrected chi connectivity index (χ2v) is 1.69. The van der Waals surface area contributed by atoms with E-state index in [1.165, 1.54) is 0 Å². The van der Waals surface area contributed by atoms with Gasteiger partial charge in [0.25, 0.3) is 6.47 Å². The highest BCUT2D eigenvalue weighted by atomic mass is 16.5. The summed E-state index contributed by atoms with van der Waals surface area (Å²) >= 11 is 0. The molecule has 0 spiro atoms. The van der Waals surface area contributed by atoms with Crippen LogP contribution in [0.1, 0.15) is 19.8 Å². The molecule has 0 aromatic carbocycles. The average molecular weight is 115 g/mol. The molecule has 0 aliphatic rings. The van der Waals surface area contributed by atoms with Crippen LogP contribution in [0.5, 0.6) is 0 Å². The molecule has 0 aromatic heterocycles. The van der Waals surface area contributed by atoms with Gasteiger partial charge in [0.05, 0.1) is 6.10 Å². The number of hydrogen-bond donors (Lipinski definition) is 0. The van der Waals surface area contributed by atoms with E-state index in [1.807, 2.05) is 6.92 Å². The molecule has 0 N–H and O–H groups in total. The lowest BCUT2D eigenvalue weighted by molar-refractivity contribution is -0.132. The van der Waals surface area contributed by atoms with Crippen molar-refractivity contribution < 1.29 is 9.53 Å². The van der Waals surface area contributed by atoms with Crippen molar-refractivity contribution >= 4 is 6.47 Å². The maximum Gasteiger partial charge on any atom is 0.293 e. The van der Waals surface area contributed by atoms with Crippen LogP contribution in [0.2, 0.25) is 0 Å². The van der Waals surface area contributed by atoms with Gasteiger partial charge in [-0.1, -0.05) is 6.92 Å². The minimum absolute atomic E-state index is 0.0324. The van der Waals surface area contributed by atoms with E-state index in [0.29, 0.717) is 6.47 Å². The van der Waals surface area contributed by atoms with Crippen molar-refractivity contribution in [2.24, 2.45) is 0 Å². The highest BCUT2D eigenvalue weighted by molar-refractivity contribution is 5.37. The molecule has 0 heterocycles. The van der Waals surface area contributed by atoms with Crippen molar-refractivity contribution in [3.63, 3.8) is 0 Å². The lowest BCUT2D eigenvalue weighted by Gasteiger charge is -2.04. The number of carbonyl (C=O) groups is 1. The molecule has 0 aliphatic heterocycles. The fraction of sp³-hybridized carbons (Fsp3) is 0.667. The molecule has 0 saturated heterocycles. The predicted octanol–water partition coefficient (Wildman–Crippen LogP) is 1.16. The SMILES string of the molecule is [CH2]CCC(C)OC=O. The molecule has 47 valence electrons. The van der Waals surface area contributed by atoms with Gasteiger partial charge in [-0.3, -0.25) is 4.79 Å². The second kappa shape index (κ2) is 4.62. The Kier molecular flexibility index (Phi) is 4.32. The molecule has 1 atom stereocenters. The molecule has 0 aliphatic carbocycles. The van der Waals surface area contributed by atoms with Gasteiger partial charge >= 0.3 is 0 Å². The van der Waals surface area contributed by atoms with E-state index < -0.39 is 0 Å². The summed E-state index contributed by atoms with van der Waals surface area (Å²) < 4.78 is 4.56. The highest BCUT2D eigenvalue weighted by Gasteiger charge is 1.96. The zero-order valence-corrected chi connectivity index (χ0v) is 5.09. The fourth-order valence-corrected chi connectivity index (χ4v) is 0.450. The maximum atomic E-state index is 9.65. The predicted molar refractivity (Wildman–Crippen MR) is 31.2 cm³/mol. The monoisotopic (exact) mass is 115 g/mol. The van der Waals surface area contributed by atoms with Gasteiger partial charge in [0.1, 0.15) is 0 Å². The zero-order valence-electron chi connectivity index (χ0n) is 5.09. The van der Waals surface area contributed by atoms with E-state index in [0.717, 1.165) is 12.8 Å². The molecule has 2 heteroatoms. The molecular formula is C6H11O2. The van der Waals surface area contributed by atoms with Gasteiger partial charge in [-0.15, -0.1) is 0 Å². The molecule has 0 saturated carbocycles. The first-order chi connectivity index (χ1) is 3.81. The minimum Gasteiger partial charge on any atom is -0.465 e. The van der Waals surface area contributed by atoms with Gasteiger partial charge < -0.3 is 4.74 Å². The Morgan fingerprint density at radius 2 is 2.50 bits per heavy atom. The molecule has 2 nitrogen and oxygen atoms in total. The second-order valence-electron chi connectivity index (χ2n) is 1.69. The summed E-state index contributed by atoms with van der Waals surface area (Å²) in [5.74, 6) is 0. The molecule has 0 aromatic rings. The first-order valence-corrected chi connectivity index (χ1v) is 2.69. The van der Waals surface area contributed by atoms with Crippen molar-refractivity contribution in [3.05, 3.63) is 6.92 Å². The lowest BCUT2D eigenvalue weighted by atomic mass is 10.2. The molecule has 1 unspecified atom stereocenters. The van der Waals surface area contributed by atoms with E-state index in [1.54, 1.807) is 0 Å². The fourth-order valence-electron chi connectivity index (χ4n) is 0.450. The van der Waals surface area contributed by atoms with Gasteiger partial charge in [-0.25, -0.2) is 0 Å². The topological polar surface area (TPSA) is 26.3 Å². The van der Waals surface area contributed by atoms with Crippen LogP contribution in [0, 0.1) is 6.92 Å². The Morgan fingerprint density at radius 3 is 2.88 bits per heavy atom. The van der Waals surface area contributed by atoms with E-state index in [4.69, 9.17) is 0 Å². The van der Waals surface area contributed by atoms with E-state index in [9.17, 15) is 4.79 Å². The van der Waals surface area contributed by atoms with Crippen molar-refractivity contribution in [1.82, 2.24) is 0 Å². The summed E-state index contributed by atoms with van der Waals surface area (Å²) in [6.07, 6.45) is 1.69. The largest absolute Gasteiger partial charge is 0.465 e. The van der Waals surface area contributed by atoms with Crippen LogP contribution < -0.4 is 0 Å². The van der Waals surface area contributed by atoms with Gasteiger partial charge in [-0.2, -0.15) is 0 Å². The van der Waals surface area contributed by atoms with Gasteiger partial charge in [0, 0.05) is 0 Å². The quantitative estimate of drug-likeness (QED) is 0.514. The van der Waals surface area contributed by atoms with Crippen molar-refractivity contribution in [1.29, 1.82) is 0 Å². The molecule has 0 bridgehead atoms. The van der Waals surface area contributed by atoms with Gasteiger partial charge in [-0.05, 0) is 19.8 Å². The number of carbonyl (C=O) groups excluding carboxylic acids is 1. The first kappa shape index (κ1) is 7.47. The van der Waals surface area contributed by atoms with Crippen LogP contribution in [-0.4, -0.2) is 12.6 Å². The van der Waals surface area contributed by atoms with E-state index >= 15 is 0 Å². The molecule has 1 radical (unpaired) electrons. The average Bonchev–Trinajstić information content (AvgIpc) is 1.68. The summed E-state index contributed by atoms with van der Waals surface area (Å²) in [5, 5.41) is 0. The maximum absolute atomic E-state index is 9.65. The third-order valence-corrected chi connectivity index (χ3v) is 0.899. The highest BCUT2D eigenvalue weighted by Crippen LogP contribution is 1.96. The van der Waals surface area contributed by atoms with Crippen LogP contribution >= 0.6 is 0 Å². The van der Waals surface area contributed by atoms with Crippen LogP contribution in [-0.2, 0) is 9.53 Å². The Hall–Kier alpha value is -0.530. The summed E-state index contributed by atoms with van der Waals surface area (Å²) in [6, 6.07) is 0. The number of ether oxygens (including phenoxy) is 1. The molecule has 0 rings (SSSR count). The van der Waals surface area contributed by atoms with Crippen molar-refractivity contribution in [3.8, 4) is 0 Å². The van der Waals surface area contributed by atoms with Crippen molar-refractivity contribution in [2.75, 3.05) is 0 Å². The third-order valence-electron chi connectivity index (χ3n) is 0.899. The van der Waals surface area contributed by atoms with Crippen LogP contribution in [0.25, 0.3) is 0 Å². The molecule has 0 amide bonds. The summed E-state index contributed by atoms with van der Waals surface area (Å²) in [5.41, 5.74) is 0. The summed E-state index contributed by atoms with van der Waals surface area (Å²) in [4.78, 5) is 9.65. The van der Waals surface area contributed by atoms with Gasteiger partial charge in [0.2, 0.25) is 0 Å². The van der Waals surface area contributed by atoms with Gasteiger partial charge in [0.15, 0.2) is 0 Å². The number of hydrogen-bond acceptors (Lipinski definition) is 2. The normalized spacial score (nSPS) is 12.8. The standard InChI is InChI=1S/C6H11O2/c1-3-4-6(2)8-5-7/h5-6H,1,3-4H2,2H3. The number of rotatable bonds is 4.